The summed E-state index contributed by atoms with van der Waals surface area (Å²) in [6.45, 7) is 3.52. The summed E-state index contributed by atoms with van der Waals surface area (Å²) in [5.74, 6) is 0. The molecule has 2 rings (SSSR count). The first-order valence-corrected chi connectivity index (χ1v) is 12.5. The quantitative estimate of drug-likeness (QED) is 0.200. The number of fused-ring (bicyclic) bond motifs is 1. The Morgan fingerprint density at radius 3 is 1.60 bits per heavy atom. The summed E-state index contributed by atoms with van der Waals surface area (Å²) < 4.78 is 0.986. The lowest BCUT2D eigenvalue weighted by molar-refractivity contribution is 0.383. The molecule has 0 aliphatic heterocycles. The standard InChI is InChI=1S/C28H46N.H2O/c1-4-5-6-7-8-9-10-11-12-13-14-15-16-19-25-29(2,3)28-24-20-22-26-21-17-18-23-27(26)28;/h17-18,20-24H,4-16,19,25H2,1-3H3;1H2/q+1;/p-1. The molecular weight excluding hydrogens is 366 g/mol. The van der Waals surface area contributed by atoms with E-state index in [9.17, 15) is 0 Å². The third-order valence-electron chi connectivity index (χ3n) is 6.49. The highest BCUT2D eigenvalue weighted by Gasteiger charge is 2.20. The monoisotopic (exact) mass is 413 g/mol. The predicted molar refractivity (Wildman–Crippen MR) is 135 cm³/mol. The third kappa shape index (κ3) is 9.62. The van der Waals surface area contributed by atoms with Crippen LogP contribution in [-0.2, 0) is 0 Å². The SMILES string of the molecule is CCCCCCCCCCCCCCCC[N+](C)(C)c1cccc2ccccc12.[OH-]. The van der Waals surface area contributed by atoms with Crippen molar-refractivity contribution in [2.45, 2.75) is 96.8 Å². The maximum Gasteiger partial charge on any atom is 0.140 e. The van der Waals surface area contributed by atoms with Gasteiger partial charge in [-0.15, -0.1) is 0 Å². The minimum atomic E-state index is 0. The molecule has 0 aliphatic rings. The number of nitrogens with zero attached hydrogens (tertiary/aromatic N) is 1. The van der Waals surface area contributed by atoms with E-state index in [1.54, 1.807) is 0 Å². The molecule has 30 heavy (non-hydrogen) atoms. The number of hydrogen-bond acceptors (Lipinski definition) is 1. The van der Waals surface area contributed by atoms with Crippen molar-refractivity contribution in [2.24, 2.45) is 0 Å². The van der Waals surface area contributed by atoms with Crippen molar-refractivity contribution in [3.05, 3.63) is 42.5 Å². The van der Waals surface area contributed by atoms with Crippen LogP contribution in [0.5, 0.6) is 0 Å². The summed E-state index contributed by atoms with van der Waals surface area (Å²) in [5, 5.41) is 2.77. The molecule has 170 valence electrons. The molecule has 0 saturated heterocycles. The van der Waals surface area contributed by atoms with Gasteiger partial charge in [0.05, 0.1) is 20.6 Å². The van der Waals surface area contributed by atoms with Crippen LogP contribution in [0.25, 0.3) is 10.8 Å². The van der Waals surface area contributed by atoms with Gasteiger partial charge in [-0.25, -0.2) is 0 Å². The molecule has 0 atom stereocenters. The molecule has 0 radical (unpaired) electrons. The Kier molecular flexibility index (Phi) is 13.7. The molecule has 2 heteroatoms. The zero-order chi connectivity index (χ0) is 20.8. The first-order chi connectivity index (χ1) is 14.1. The lowest BCUT2D eigenvalue weighted by Crippen LogP contribution is -2.41. The van der Waals surface area contributed by atoms with E-state index in [2.05, 4.69) is 63.5 Å². The molecule has 0 aromatic heterocycles. The first-order valence-electron chi connectivity index (χ1n) is 12.5. The summed E-state index contributed by atoms with van der Waals surface area (Å²) in [6, 6.07) is 15.6. The average molecular weight is 414 g/mol. The first kappa shape index (κ1) is 26.7. The Labute approximate surface area is 186 Å². The van der Waals surface area contributed by atoms with Crippen LogP contribution >= 0.6 is 0 Å². The van der Waals surface area contributed by atoms with Crippen LogP contribution in [0.3, 0.4) is 0 Å². The van der Waals surface area contributed by atoms with Crippen molar-refractivity contribution in [1.29, 1.82) is 0 Å². The zero-order valence-electron chi connectivity index (χ0n) is 20.0. The largest absolute Gasteiger partial charge is 0.870 e. The van der Waals surface area contributed by atoms with Gasteiger partial charge >= 0.3 is 0 Å². The van der Waals surface area contributed by atoms with Crippen LogP contribution in [0.2, 0.25) is 0 Å². The maximum atomic E-state index is 2.37. The number of quaternary nitrogens is 1. The average Bonchev–Trinajstić information content (AvgIpc) is 2.73. The van der Waals surface area contributed by atoms with Crippen LogP contribution < -0.4 is 4.48 Å². The third-order valence-corrected chi connectivity index (χ3v) is 6.49. The van der Waals surface area contributed by atoms with E-state index in [4.69, 9.17) is 0 Å². The van der Waals surface area contributed by atoms with E-state index in [1.165, 1.54) is 113 Å². The Hall–Kier alpha value is -1.38. The van der Waals surface area contributed by atoms with Crippen molar-refractivity contribution in [3.63, 3.8) is 0 Å². The van der Waals surface area contributed by atoms with Crippen molar-refractivity contribution < 1.29 is 5.48 Å². The Balaban J connectivity index is 0.00000450. The van der Waals surface area contributed by atoms with Gasteiger partial charge in [-0.2, -0.15) is 0 Å². The second kappa shape index (κ2) is 15.4. The molecule has 0 saturated carbocycles. The van der Waals surface area contributed by atoms with Crippen molar-refractivity contribution in [2.75, 3.05) is 20.6 Å². The lowest BCUT2D eigenvalue weighted by Gasteiger charge is -2.30. The number of unbranched alkanes of at least 4 members (excludes halogenated alkanes) is 13. The lowest BCUT2D eigenvalue weighted by atomic mass is 10.0. The fourth-order valence-corrected chi connectivity index (χ4v) is 4.56. The van der Waals surface area contributed by atoms with E-state index >= 15 is 0 Å². The number of rotatable bonds is 16. The van der Waals surface area contributed by atoms with Gasteiger partial charge in [-0.05, 0) is 30.4 Å². The van der Waals surface area contributed by atoms with Crippen LogP contribution in [0, 0.1) is 0 Å². The molecule has 0 spiro atoms. The van der Waals surface area contributed by atoms with E-state index < -0.39 is 0 Å². The Morgan fingerprint density at radius 1 is 0.567 bits per heavy atom. The molecule has 0 heterocycles. The van der Waals surface area contributed by atoms with Crippen LogP contribution in [-0.4, -0.2) is 26.1 Å². The predicted octanol–water partition coefficient (Wildman–Crippen LogP) is 8.71. The van der Waals surface area contributed by atoms with Crippen LogP contribution in [0.15, 0.2) is 42.5 Å². The van der Waals surface area contributed by atoms with Gasteiger partial charge in [0.2, 0.25) is 0 Å². The Bertz CT molecular complexity index is 674. The summed E-state index contributed by atoms with van der Waals surface area (Å²) in [5.41, 5.74) is 1.46. The fraction of sp³-hybridized carbons (Fsp3) is 0.643. The second-order valence-electron chi connectivity index (χ2n) is 9.50. The highest BCUT2D eigenvalue weighted by molar-refractivity contribution is 5.93. The topological polar surface area (TPSA) is 30.0 Å². The van der Waals surface area contributed by atoms with Crippen molar-refractivity contribution in [1.82, 2.24) is 4.48 Å². The van der Waals surface area contributed by atoms with Crippen LogP contribution in [0.1, 0.15) is 96.8 Å². The van der Waals surface area contributed by atoms with E-state index in [-0.39, 0.29) is 5.48 Å². The molecule has 0 aliphatic carbocycles. The van der Waals surface area contributed by atoms with Gasteiger partial charge in [0.1, 0.15) is 5.69 Å². The number of benzene rings is 2. The zero-order valence-corrected chi connectivity index (χ0v) is 20.0. The van der Waals surface area contributed by atoms with Gasteiger partial charge < -0.3 is 5.48 Å². The fourth-order valence-electron chi connectivity index (χ4n) is 4.56. The van der Waals surface area contributed by atoms with Crippen molar-refractivity contribution in [3.8, 4) is 0 Å². The van der Waals surface area contributed by atoms with E-state index in [0.29, 0.717) is 0 Å². The van der Waals surface area contributed by atoms with Crippen molar-refractivity contribution >= 4 is 16.5 Å². The van der Waals surface area contributed by atoms with Gasteiger partial charge in [0, 0.05) is 5.39 Å². The summed E-state index contributed by atoms with van der Waals surface area (Å²) >= 11 is 0. The summed E-state index contributed by atoms with van der Waals surface area (Å²) in [7, 11) is 4.73. The second-order valence-corrected chi connectivity index (χ2v) is 9.50. The van der Waals surface area contributed by atoms with E-state index in [0.717, 1.165) is 4.48 Å². The minimum absolute atomic E-state index is 0. The number of hydrogen-bond donors (Lipinski definition) is 0. The molecule has 1 N–H and O–H groups in total. The summed E-state index contributed by atoms with van der Waals surface area (Å²) in [6.07, 6.45) is 20.0. The normalized spacial score (nSPS) is 11.6. The molecule has 0 bridgehead atoms. The molecule has 0 unspecified atom stereocenters. The molecule has 2 aromatic rings. The molecule has 2 nitrogen and oxygen atoms in total. The molecular formula is C28H47NO. The summed E-state index contributed by atoms with van der Waals surface area (Å²) in [4.78, 5) is 0. The minimum Gasteiger partial charge on any atom is -0.870 e. The van der Waals surface area contributed by atoms with Crippen LogP contribution in [0.4, 0.5) is 5.69 Å². The molecule has 2 aromatic carbocycles. The van der Waals surface area contributed by atoms with Gasteiger partial charge in [-0.3, -0.25) is 4.48 Å². The molecule has 0 fully saturated rings. The highest BCUT2D eigenvalue weighted by Crippen LogP contribution is 2.30. The maximum absolute atomic E-state index is 2.37. The Morgan fingerprint density at radius 2 is 1.03 bits per heavy atom. The smallest absolute Gasteiger partial charge is 0.140 e. The molecule has 0 amide bonds. The van der Waals surface area contributed by atoms with Gasteiger partial charge in [0.15, 0.2) is 0 Å². The van der Waals surface area contributed by atoms with Gasteiger partial charge in [0.25, 0.3) is 0 Å². The highest BCUT2D eigenvalue weighted by atomic mass is 16.0. The van der Waals surface area contributed by atoms with Gasteiger partial charge in [-0.1, -0.05) is 114 Å². The van der Waals surface area contributed by atoms with E-state index in [1.807, 2.05) is 0 Å².